The van der Waals surface area contributed by atoms with Crippen molar-refractivity contribution in [1.29, 1.82) is 0 Å². The summed E-state index contributed by atoms with van der Waals surface area (Å²) < 4.78 is 15.7. The Hall–Kier alpha value is -2.67. The minimum absolute atomic E-state index is 0.134. The molecule has 0 unspecified atom stereocenters. The smallest absolute Gasteiger partial charge is 0.250 e. The molecule has 0 fully saturated rings. The average molecular weight is 403 g/mol. The van der Waals surface area contributed by atoms with E-state index in [2.05, 4.69) is 10.5 Å². The van der Waals surface area contributed by atoms with E-state index in [1.54, 1.807) is 21.3 Å². The molecule has 2 aromatic rings. The quantitative estimate of drug-likeness (QED) is 0.482. The number of methoxy groups -OCH3 is 3. The Morgan fingerprint density at radius 3 is 2.32 bits per heavy atom. The number of carbonyl (C=O) groups is 1. The van der Waals surface area contributed by atoms with E-state index in [0.29, 0.717) is 23.7 Å². The molecule has 0 spiro atoms. The van der Waals surface area contributed by atoms with Crippen LogP contribution in [0.5, 0.6) is 17.2 Å². The van der Waals surface area contributed by atoms with Gasteiger partial charge in [0.25, 0.3) is 0 Å². The molecule has 0 saturated heterocycles. The van der Waals surface area contributed by atoms with Crippen LogP contribution in [0.4, 0.5) is 0 Å². The normalized spacial score (nSPS) is 11.1. The van der Waals surface area contributed by atoms with Crippen molar-refractivity contribution >= 4 is 23.4 Å². The molecule has 0 radical (unpaired) electrons. The predicted octanol–water partition coefficient (Wildman–Crippen LogP) is 3.88. The lowest BCUT2D eigenvalue weighted by Gasteiger charge is -2.10. The van der Waals surface area contributed by atoms with Crippen molar-refractivity contribution in [2.45, 2.75) is 19.1 Å². The van der Waals surface area contributed by atoms with Crippen LogP contribution in [-0.4, -0.2) is 38.7 Å². The van der Waals surface area contributed by atoms with Gasteiger partial charge in [-0.1, -0.05) is 19.1 Å². The summed E-state index contributed by atoms with van der Waals surface area (Å²) >= 11 is 1.54. The molecule has 0 aliphatic heterocycles. The molecule has 7 heteroatoms. The lowest BCUT2D eigenvalue weighted by molar-refractivity contribution is -0.118. The van der Waals surface area contributed by atoms with Gasteiger partial charge in [-0.05, 0) is 42.3 Å². The number of nitrogens with one attached hydrogen (secondary N) is 1. The number of ether oxygens (including phenoxy) is 3. The first-order chi connectivity index (χ1) is 13.6. The molecule has 28 heavy (non-hydrogen) atoms. The number of amides is 1. The lowest BCUT2D eigenvalue weighted by Crippen LogP contribution is -2.21. The van der Waals surface area contributed by atoms with Crippen LogP contribution in [0.3, 0.4) is 0 Å². The van der Waals surface area contributed by atoms with Gasteiger partial charge < -0.3 is 14.2 Å². The van der Waals surface area contributed by atoms with Crippen LogP contribution in [0, 0.1) is 0 Å². The van der Waals surface area contributed by atoms with Crippen molar-refractivity contribution in [3.63, 3.8) is 0 Å². The fourth-order valence-corrected chi connectivity index (χ4v) is 3.29. The van der Waals surface area contributed by atoms with E-state index in [9.17, 15) is 4.79 Å². The fraction of sp³-hybridized carbons (Fsp3) is 0.333. The Morgan fingerprint density at radius 1 is 1.00 bits per heavy atom. The first-order valence-electron chi connectivity index (χ1n) is 8.89. The molecule has 0 aliphatic carbocycles. The van der Waals surface area contributed by atoms with Crippen molar-refractivity contribution < 1.29 is 19.0 Å². The van der Waals surface area contributed by atoms with E-state index >= 15 is 0 Å². The number of hydrazone groups is 1. The number of nitrogens with zero attached hydrogens (tertiary/aromatic N) is 1. The molecule has 6 nitrogen and oxygen atoms in total. The van der Waals surface area contributed by atoms with E-state index in [1.165, 1.54) is 11.8 Å². The monoisotopic (exact) mass is 402 g/mol. The Labute approximate surface area is 170 Å². The molecule has 0 aliphatic rings. The summed E-state index contributed by atoms with van der Waals surface area (Å²) in [6.45, 7) is 1.99. The second-order valence-electron chi connectivity index (χ2n) is 5.86. The minimum atomic E-state index is -0.134. The molecule has 1 amide bonds. The third-order valence-corrected chi connectivity index (χ3v) is 5.03. The average Bonchev–Trinajstić information content (AvgIpc) is 2.74. The van der Waals surface area contributed by atoms with Gasteiger partial charge in [-0.2, -0.15) is 5.10 Å². The zero-order valence-electron chi connectivity index (χ0n) is 16.7. The van der Waals surface area contributed by atoms with Gasteiger partial charge >= 0.3 is 0 Å². The maximum Gasteiger partial charge on any atom is 0.250 e. The summed E-state index contributed by atoms with van der Waals surface area (Å²) in [5, 5.41) is 4.28. The summed E-state index contributed by atoms with van der Waals surface area (Å²) in [5.74, 6) is 3.05. The predicted molar refractivity (Wildman–Crippen MR) is 114 cm³/mol. The highest BCUT2D eigenvalue weighted by molar-refractivity contribution is 7.99. The van der Waals surface area contributed by atoms with Gasteiger partial charge in [-0.25, -0.2) is 5.43 Å². The molecule has 2 rings (SSSR count). The molecule has 2 aromatic carbocycles. The maximum atomic E-state index is 12.1. The van der Waals surface area contributed by atoms with Crippen molar-refractivity contribution in [1.82, 2.24) is 5.43 Å². The summed E-state index contributed by atoms with van der Waals surface area (Å²) in [6.07, 6.45) is 0.675. The molecular formula is C21H26N2O4S. The first kappa shape index (κ1) is 21.6. The van der Waals surface area contributed by atoms with Crippen LogP contribution >= 0.6 is 11.8 Å². The van der Waals surface area contributed by atoms with Crippen LogP contribution in [0.15, 0.2) is 47.6 Å². The Kier molecular flexibility index (Phi) is 8.68. The van der Waals surface area contributed by atoms with Crippen LogP contribution in [-0.2, 0) is 10.5 Å². The number of thioether (sulfide) groups is 1. The second kappa shape index (κ2) is 11.2. The van der Waals surface area contributed by atoms with E-state index in [0.717, 1.165) is 28.3 Å². The van der Waals surface area contributed by atoms with Crippen molar-refractivity contribution in [2.75, 3.05) is 27.1 Å². The van der Waals surface area contributed by atoms with E-state index in [4.69, 9.17) is 14.2 Å². The van der Waals surface area contributed by atoms with Gasteiger partial charge in [0.05, 0.1) is 32.8 Å². The minimum Gasteiger partial charge on any atom is -0.497 e. The summed E-state index contributed by atoms with van der Waals surface area (Å²) in [6, 6.07) is 13.4. The summed E-state index contributed by atoms with van der Waals surface area (Å²) in [4.78, 5) is 12.1. The number of hydrogen-bond acceptors (Lipinski definition) is 6. The number of benzene rings is 2. The molecule has 0 saturated carbocycles. The zero-order chi connectivity index (χ0) is 20.4. The van der Waals surface area contributed by atoms with Crippen LogP contribution in [0.1, 0.15) is 24.5 Å². The molecule has 0 bridgehead atoms. The van der Waals surface area contributed by atoms with Gasteiger partial charge in [-0.15, -0.1) is 11.8 Å². The zero-order valence-corrected chi connectivity index (χ0v) is 17.5. The van der Waals surface area contributed by atoms with E-state index < -0.39 is 0 Å². The van der Waals surface area contributed by atoms with E-state index in [1.807, 2.05) is 49.4 Å². The highest BCUT2D eigenvalue weighted by Crippen LogP contribution is 2.28. The maximum absolute atomic E-state index is 12.1. The number of carbonyl (C=O) groups excluding carboxylic acids is 1. The molecule has 0 aromatic heterocycles. The van der Waals surface area contributed by atoms with Crippen molar-refractivity contribution in [2.24, 2.45) is 5.10 Å². The van der Waals surface area contributed by atoms with Gasteiger partial charge in [-0.3, -0.25) is 4.79 Å². The van der Waals surface area contributed by atoms with Crippen LogP contribution in [0.2, 0.25) is 0 Å². The van der Waals surface area contributed by atoms with Gasteiger partial charge in [0, 0.05) is 11.3 Å². The molecule has 1 N–H and O–H groups in total. The summed E-state index contributed by atoms with van der Waals surface area (Å²) in [5.41, 5.74) is 5.43. The molecule has 0 heterocycles. The van der Waals surface area contributed by atoms with Gasteiger partial charge in [0.2, 0.25) is 5.91 Å². The topological polar surface area (TPSA) is 69.2 Å². The third-order valence-electron chi connectivity index (χ3n) is 4.03. The third kappa shape index (κ3) is 6.20. The lowest BCUT2D eigenvalue weighted by atomic mass is 10.1. The van der Waals surface area contributed by atoms with Crippen molar-refractivity contribution in [3.05, 3.63) is 53.6 Å². The highest BCUT2D eigenvalue weighted by Gasteiger charge is 2.09. The van der Waals surface area contributed by atoms with Gasteiger partial charge in [0.1, 0.15) is 5.75 Å². The standard InChI is InChI=1S/C21H26N2O4S/c1-5-18(16-8-11-19(26-3)20(12-16)27-4)22-23-21(24)14-28-13-15-6-9-17(25-2)10-7-15/h6-12H,5,13-14H2,1-4H3,(H,23,24)/b22-18+. The Morgan fingerprint density at radius 2 is 1.71 bits per heavy atom. The van der Waals surface area contributed by atoms with Gasteiger partial charge in [0.15, 0.2) is 11.5 Å². The Bertz CT molecular complexity index is 807. The first-order valence-corrected chi connectivity index (χ1v) is 10.0. The largest absolute Gasteiger partial charge is 0.497 e. The molecule has 0 atom stereocenters. The van der Waals surface area contributed by atoms with E-state index in [-0.39, 0.29) is 5.91 Å². The fourth-order valence-electron chi connectivity index (χ4n) is 2.51. The SMILES string of the molecule is CC/C(=N\NC(=O)CSCc1ccc(OC)cc1)c1ccc(OC)c(OC)c1. The highest BCUT2D eigenvalue weighted by atomic mass is 32.2. The second-order valence-corrected chi connectivity index (χ2v) is 6.84. The Balaban J connectivity index is 1.90. The van der Waals surface area contributed by atoms with Crippen molar-refractivity contribution in [3.8, 4) is 17.2 Å². The molecular weight excluding hydrogens is 376 g/mol. The number of hydrogen-bond donors (Lipinski definition) is 1. The van der Waals surface area contributed by atoms with Crippen LogP contribution in [0.25, 0.3) is 0 Å². The summed E-state index contributed by atoms with van der Waals surface area (Å²) in [7, 11) is 4.82. The van der Waals surface area contributed by atoms with Crippen LogP contribution < -0.4 is 19.6 Å². The number of rotatable bonds is 10. The molecule has 150 valence electrons.